The Morgan fingerprint density at radius 1 is 1.06 bits per heavy atom. The minimum absolute atomic E-state index is 0.254. The van der Waals surface area contributed by atoms with Crippen molar-refractivity contribution in [3.05, 3.63) is 94.9 Å². The van der Waals surface area contributed by atoms with E-state index in [0.717, 1.165) is 40.1 Å². The van der Waals surface area contributed by atoms with Gasteiger partial charge in [0.05, 0.1) is 17.0 Å². The zero-order valence-electron chi connectivity index (χ0n) is 18.0. The highest BCUT2D eigenvalue weighted by molar-refractivity contribution is 5.96. The molecule has 0 spiro atoms. The highest BCUT2D eigenvalue weighted by Gasteiger charge is 2.20. The summed E-state index contributed by atoms with van der Waals surface area (Å²) in [7, 11) is 0. The molecule has 2 heterocycles. The quantitative estimate of drug-likeness (QED) is 0.422. The lowest BCUT2D eigenvalue weighted by Gasteiger charge is -2.20. The van der Waals surface area contributed by atoms with Gasteiger partial charge in [-0.1, -0.05) is 55.5 Å². The average molecular weight is 415 g/mol. The van der Waals surface area contributed by atoms with E-state index in [-0.39, 0.29) is 6.10 Å². The number of carbonyl (C=O) groups is 1. The fourth-order valence-electron chi connectivity index (χ4n) is 3.93. The van der Waals surface area contributed by atoms with Gasteiger partial charge in [0, 0.05) is 12.8 Å². The van der Waals surface area contributed by atoms with Crippen LogP contribution in [-0.2, 0) is 11.2 Å². The number of hydrogen-bond donors (Lipinski definition) is 1. The first-order valence-electron chi connectivity index (χ1n) is 10.5. The smallest absolute Gasteiger partial charge is 0.336 e. The zero-order chi connectivity index (χ0) is 22.0. The third-order valence-corrected chi connectivity index (χ3v) is 5.54. The molecular formula is C26H26N2O3. The van der Waals surface area contributed by atoms with E-state index in [1.165, 1.54) is 0 Å². The molecule has 0 saturated heterocycles. The minimum atomic E-state index is -0.930. The topological polar surface area (TPSA) is 63.8 Å². The number of aromatic nitrogens is 2. The maximum Gasteiger partial charge on any atom is 0.336 e. The van der Waals surface area contributed by atoms with Crippen LogP contribution in [0.4, 0.5) is 0 Å². The van der Waals surface area contributed by atoms with E-state index in [2.05, 4.69) is 36.6 Å². The summed E-state index contributed by atoms with van der Waals surface area (Å²) in [4.78, 5) is 16.3. The normalized spacial score (nSPS) is 12.2. The van der Waals surface area contributed by atoms with Gasteiger partial charge in [-0.25, -0.2) is 9.78 Å². The molecule has 4 aromatic rings. The first kappa shape index (κ1) is 20.8. The van der Waals surface area contributed by atoms with Crippen molar-refractivity contribution in [2.45, 2.75) is 33.3 Å². The largest absolute Gasteiger partial charge is 0.478 e. The minimum Gasteiger partial charge on any atom is -0.478 e. The van der Waals surface area contributed by atoms with E-state index in [1.54, 1.807) is 12.1 Å². The number of benzene rings is 2. The molecule has 2 aromatic heterocycles. The molecule has 0 saturated carbocycles. The van der Waals surface area contributed by atoms with Crippen molar-refractivity contribution in [3.8, 4) is 11.1 Å². The number of imidazole rings is 1. The highest BCUT2D eigenvalue weighted by Crippen LogP contribution is 2.31. The molecule has 0 radical (unpaired) electrons. The molecule has 31 heavy (non-hydrogen) atoms. The number of carboxylic acids is 1. The van der Waals surface area contributed by atoms with Gasteiger partial charge in [0.2, 0.25) is 0 Å². The molecule has 0 aliphatic heterocycles. The SMILES string of the molecule is CCOC(c1ccc(-c2ccccc2C(=O)O)cc1)c1ccc(C)c2nc(CC)cn12. The van der Waals surface area contributed by atoms with Crippen LogP contribution in [0.3, 0.4) is 0 Å². The number of ether oxygens (including phenoxy) is 1. The third kappa shape index (κ3) is 3.97. The average Bonchev–Trinajstić information content (AvgIpc) is 3.24. The molecule has 1 N–H and O–H groups in total. The second-order valence-electron chi connectivity index (χ2n) is 7.53. The van der Waals surface area contributed by atoms with E-state index >= 15 is 0 Å². The molecule has 5 heteroatoms. The van der Waals surface area contributed by atoms with Gasteiger partial charge in [0.1, 0.15) is 11.8 Å². The predicted molar refractivity (Wildman–Crippen MR) is 122 cm³/mol. The second-order valence-corrected chi connectivity index (χ2v) is 7.53. The molecule has 0 amide bonds. The predicted octanol–water partition coefficient (Wildman–Crippen LogP) is 5.70. The number of hydrogen-bond acceptors (Lipinski definition) is 3. The number of rotatable bonds is 7. The van der Waals surface area contributed by atoms with Crippen LogP contribution < -0.4 is 0 Å². The van der Waals surface area contributed by atoms with E-state index < -0.39 is 5.97 Å². The van der Waals surface area contributed by atoms with Gasteiger partial charge in [0.25, 0.3) is 0 Å². The van der Waals surface area contributed by atoms with E-state index in [4.69, 9.17) is 9.72 Å². The lowest BCUT2D eigenvalue weighted by molar-refractivity contribution is 0.0697. The first-order chi connectivity index (χ1) is 15.0. The molecule has 4 rings (SSSR count). The van der Waals surface area contributed by atoms with Gasteiger partial charge in [0.15, 0.2) is 0 Å². The van der Waals surface area contributed by atoms with Gasteiger partial charge in [-0.05, 0) is 54.7 Å². The van der Waals surface area contributed by atoms with Crippen LogP contribution in [0.2, 0.25) is 0 Å². The summed E-state index contributed by atoms with van der Waals surface area (Å²) >= 11 is 0. The summed E-state index contributed by atoms with van der Waals surface area (Å²) in [5, 5.41) is 9.51. The second kappa shape index (κ2) is 8.74. The molecular weight excluding hydrogens is 388 g/mol. The summed E-state index contributed by atoms with van der Waals surface area (Å²) in [5.41, 5.74) is 7.01. The standard InChI is InChI=1S/C26H26N2O3/c1-4-20-16-28-23(15-10-17(3)25(28)27-20)24(31-5-2)19-13-11-18(12-14-19)21-8-6-7-9-22(21)26(29)30/h6-16,24H,4-5H2,1-3H3,(H,29,30). The number of fused-ring (bicyclic) bond motifs is 1. The molecule has 1 unspecified atom stereocenters. The fourth-order valence-corrected chi connectivity index (χ4v) is 3.93. The molecule has 5 nitrogen and oxygen atoms in total. The van der Waals surface area contributed by atoms with Crippen LogP contribution in [0.15, 0.2) is 66.9 Å². The van der Waals surface area contributed by atoms with Gasteiger partial charge in [-0.15, -0.1) is 0 Å². The van der Waals surface area contributed by atoms with E-state index in [1.807, 2.05) is 43.3 Å². The molecule has 1 atom stereocenters. The lowest BCUT2D eigenvalue weighted by Crippen LogP contribution is -2.11. The third-order valence-electron chi connectivity index (χ3n) is 5.54. The Bertz CT molecular complexity index is 1230. The summed E-state index contributed by atoms with van der Waals surface area (Å²) in [6.07, 6.45) is 2.70. The van der Waals surface area contributed by atoms with Gasteiger partial charge >= 0.3 is 5.97 Å². The summed E-state index contributed by atoms with van der Waals surface area (Å²) in [6.45, 7) is 6.72. The van der Waals surface area contributed by atoms with Crippen LogP contribution in [0.5, 0.6) is 0 Å². The van der Waals surface area contributed by atoms with Crippen LogP contribution in [-0.4, -0.2) is 27.1 Å². The van der Waals surface area contributed by atoms with Crippen LogP contribution >= 0.6 is 0 Å². The van der Waals surface area contributed by atoms with Crippen molar-refractivity contribution in [1.82, 2.24) is 9.38 Å². The number of aromatic carboxylic acids is 1. The van der Waals surface area contributed by atoms with Gasteiger partial charge in [-0.2, -0.15) is 0 Å². The lowest BCUT2D eigenvalue weighted by atomic mass is 9.97. The zero-order valence-corrected chi connectivity index (χ0v) is 18.0. The Labute approximate surface area is 182 Å². The number of carboxylic acid groups (broad SMARTS) is 1. The molecule has 0 fully saturated rings. The van der Waals surface area contributed by atoms with Crippen molar-refractivity contribution < 1.29 is 14.6 Å². The van der Waals surface area contributed by atoms with Crippen LogP contribution in [0.25, 0.3) is 16.8 Å². The van der Waals surface area contributed by atoms with Gasteiger partial charge in [-0.3, -0.25) is 0 Å². The molecule has 0 aliphatic carbocycles. The van der Waals surface area contributed by atoms with Crippen molar-refractivity contribution >= 4 is 11.6 Å². The Kier molecular flexibility index (Phi) is 5.87. The fraction of sp³-hybridized carbons (Fsp3) is 0.231. The Hall–Kier alpha value is -3.44. The van der Waals surface area contributed by atoms with Gasteiger partial charge < -0.3 is 14.2 Å². The highest BCUT2D eigenvalue weighted by atomic mass is 16.5. The first-order valence-corrected chi connectivity index (χ1v) is 10.5. The number of nitrogens with zero attached hydrogens (tertiary/aromatic N) is 2. The Morgan fingerprint density at radius 2 is 1.81 bits per heavy atom. The molecule has 0 bridgehead atoms. The Morgan fingerprint density at radius 3 is 2.48 bits per heavy atom. The Balaban J connectivity index is 1.77. The number of aryl methyl sites for hydroxylation is 2. The molecule has 0 aliphatic rings. The monoisotopic (exact) mass is 414 g/mol. The summed E-state index contributed by atoms with van der Waals surface area (Å²) < 4.78 is 8.30. The van der Waals surface area contributed by atoms with E-state index in [9.17, 15) is 9.90 Å². The summed E-state index contributed by atoms with van der Waals surface area (Å²) in [5.74, 6) is -0.930. The number of pyridine rings is 1. The van der Waals surface area contributed by atoms with Crippen molar-refractivity contribution in [2.24, 2.45) is 0 Å². The van der Waals surface area contributed by atoms with Crippen molar-refractivity contribution in [1.29, 1.82) is 0 Å². The maximum absolute atomic E-state index is 11.6. The molecule has 2 aromatic carbocycles. The van der Waals surface area contributed by atoms with Crippen molar-refractivity contribution in [2.75, 3.05) is 6.61 Å². The van der Waals surface area contributed by atoms with Crippen LogP contribution in [0.1, 0.15) is 52.8 Å². The van der Waals surface area contributed by atoms with Crippen LogP contribution in [0, 0.1) is 6.92 Å². The van der Waals surface area contributed by atoms with Crippen molar-refractivity contribution in [3.63, 3.8) is 0 Å². The molecule has 158 valence electrons. The summed E-state index contributed by atoms with van der Waals surface area (Å²) in [6, 6.07) is 19.2. The van der Waals surface area contributed by atoms with E-state index in [0.29, 0.717) is 17.7 Å². The maximum atomic E-state index is 11.6.